The minimum absolute atomic E-state index is 0.175. The number of amides is 3. The second kappa shape index (κ2) is 11.0. The van der Waals surface area contributed by atoms with Crippen molar-refractivity contribution in [1.29, 1.82) is 0 Å². The third kappa shape index (κ3) is 5.23. The van der Waals surface area contributed by atoms with Gasteiger partial charge in [-0.2, -0.15) is 13.2 Å². The highest BCUT2D eigenvalue weighted by Crippen LogP contribution is 2.54. The van der Waals surface area contributed by atoms with E-state index in [9.17, 15) is 32.3 Å². The standard InChI is InChI=1S/C30H22F3N3O5S2/c1-41-20-12-10-18(11-13-20)34-21(37)15-35-28-25(43-29(35)40)22(16-6-3-2-4-7-16)23-24(42-28)27(39)36(26(23)38)19-9-5-8-17(14-19)30(31,32)33/h2-14,22-24H,15H2,1H3,(H,34,37)/t22-,23+,24-/m0/s1. The summed E-state index contributed by atoms with van der Waals surface area (Å²) >= 11 is 1.88. The number of fused-ring (bicyclic) bond motifs is 2. The largest absolute Gasteiger partial charge is 0.497 e. The molecule has 0 radical (unpaired) electrons. The van der Waals surface area contributed by atoms with Crippen molar-refractivity contribution in [2.24, 2.45) is 5.92 Å². The van der Waals surface area contributed by atoms with Gasteiger partial charge in [0.25, 0.3) is 0 Å². The number of aromatic nitrogens is 1. The van der Waals surface area contributed by atoms with Crippen LogP contribution in [0.2, 0.25) is 0 Å². The number of anilines is 2. The van der Waals surface area contributed by atoms with Gasteiger partial charge in [-0.05, 0) is 48.0 Å². The molecule has 1 N–H and O–H groups in total. The Morgan fingerprint density at radius 3 is 2.35 bits per heavy atom. The molecule has 1 aromatic heterocycles. The number of benzene rings is 3. The maximum absolute atomic E-state index is 13.9. The molecule has 220 valence electrons. The fourth-order valence-corrected chi connectivity index (χ4v) is 8.14. The topological polar surface area (TPSA) is 97.7 Å². The molecule has 13 heteroatoms. The van der Waals surface area contributed by atoms with Crippen molar-refractivity contribution < 1.29 is 32.3 Å². The Morgan fingerprint density at radius 2 is 1.67 bits per heavy atom. The van der Waals surface area contributed by atoms with Gasteiger partial charge >= 0.3 is 11.0 Å². The third-order valence-electron chi connectivity index (χ3n) is 7.32. The number of nitrogens with zero attached hydrogens (tertiary/aromatic N) is 2. The van der Waals surface area contributed by atoms with E-state index in [4.69, 9.17) is 4.74 Å². The highest BCUT2D eigenvalue weighted by atomic mass is 32.2. The van der Waals surface area contributed by atoms with Crippen LogP contribution in [0.25, 0.3) is 0 Å². The molecule has 8 nitrogen and oxygen atoms in total. The van der Waals surface area contributed by atoms with E-state index in [2.05, 4.69) is 5.32 Å². The maximum Gasteiger partial charge on any atom is 0.416 e. The number of nitrogens with one attached hydrogen (secondary N) is 1. The lowest BCUT2D eigenvalue weighted by Gasteiger charge is -2.30. The molecule has 6 rings (SSSR count). The van der Waals surface area contributed by atoms with Crippen LogP contribution in [-0.2, 0) is 27.1 Å². The molecule has 3 amide bonds. The van der Waals surface area contributed by atoms with E-state index in [0.29, 0.717) is 26.9 Å². The van der Waals surface area contributed by atoms with Crippen molar-refractivity contribution in [1.82, 2.24) is 4.57 Å². The number of hydrogen-bond donors (Lipinski definition) is 1. The van der Waals surface area contributed by atoms with Crippen molar-refractivity contribution >= 4 is 52.2 Å². The second-order valence-electron chi connectivity index (χ2n) is 9.91. The van der Waals surface area contributed by atoms with Crippen LogP contribution < -0.4 is 19.8 Å². The SMILES string of the molecule is COc1ccc(NC(=O)Cn2c3c(sc2=O)[C@@H](c2ccccc2)[C@H]2C(=O)N(c4cccc(C(F)(F)F)c4)C(=O)[C@H]2S3)cc1. The van der Waals surface area contributed by atoms with Crippen LogP contribution in [0.1, 0.15) is 21.9 Å². The van der Waals surface area contributed by atoms with Crippen LogP contribution in [0.5, 0.6) is 5.75 Å². The van der Waals surface area contributed by atoms with Gasteiger partial charge in [-0.25, -0.2) is 4.90 Å². The zero-order chi connectivity index (χ0) is 30.5. The zero-order valence-electron chi connectivity index (χ0n) is 22.3. The van der Waals surface area contributed by atoms with E-state index in [1.807, 2.05) is 0 Å². The van der Waals surface area contributed by atoms with Gasteiger partial charge in [0.1, 0.15) is 17.5 Å². The highest BCUT2D eigenvalue weighted by molar-refractivity contribution is 8.00. The van der Waals surface area contributed by atoms with Crippen molar-refractivity contribution in [3.63, 3.8) is 0 Å². The average molecular weight is 626 g/mol. The Morgan fingerprint density at radius 1 is 0.953 bits per heavy atom. The Kier molecular flexibility index (Phi) is 7.38. The van der Waals surface area contributed by atoms with E-state index in [0.717, 1.165) is 46.2 Å². The molecule has 1 fully saturated rings. The number of imide groups is 1. The third-order valence-corrected chi connectivity index (χ3v) is 9.92. The van der Waals surface area contributed by atoms with Gasteiger partial charge < -0.3 is 10.1 Å². The first-order valence-electron chi connectivity index (χ1n) is 13.0. The van der Waals surface area contributed by atoms with Crippen LogP contribution >= 0.6 is 23.1 Å². The highest BCUT2D eigenvalue weighted by Gasteiger charge is 2.57. The summed E-state index contributed by atoms with van der Waals surface area (Å²) in [7, 11) is 1.52. The smallest absolute Gasteiger partial charge is 0.416 e. The van der Waals surface area contributed by atoms with Gasteiger partial charge in [0.05, 0.1) is 29.3 Å². The van der Waals surface area contributed by atoms with Crippen LogP contribution in [0.15, 0.2) is 88.7 Å². The van der Waals surface area contributed by atoms with Crippen LogP contribution in [0.4, 0.5) is 24.5 Å². The Labute approximate surface area is 251 Å². The number of rotatable bonds is 6. The molecule has 2 aliphatic rings. The van der Waals surface area contributed by atoms with Gasteiger partial charge in [0.2, 0.25) is 17.7 Å². The van der Waals surface area contributed by atoms with Crippen molar-refractivity contribution in [2.75, 3.05) is 17.3 Å². The van der Waals surface area contributed by atoms with E-state index in [1.165, 1.54) is 17.7 Å². The molecule has 0 bridgehead atoms. The van der Waals surface area contributed by atoms with Crippen molar-refractivity contribution in [2.45, 2.75) is 28.9 Å². The monoisotopic (exact) mass is 625 g/mol. The molecule has 0 aliphatic carbocycles. The Hall–Kier alpha value is -4.36. The number of ether oxygens (including phenoxy) is 1. The van der Waals surface area contributed by atoms with Gasteiger partial charge in [-0.15, -0.1) is 0 Å². The second-order valence-corrected chi connectivity index (χ2v) is 12.0. The van der Waals surface area contributed by atoms with Crippen LogP contribution in [0.3, 0.4) is 0 Å². The molecule has 4 aromatic rings. The number of halogens is 3. The number of carbonyl (C=O) groups is 3. The first kappa shape index (κ1) is 28.7. The van der Waals surface area contributed by atoms with Crippen molar-refractivity contribution in [3.05, 3.63) is 105 Å². The lowest BCUT2D eigenvalue weighted by molar-refractivity contribution is -0.137. The summed E-state index contributed by atoms with van der Waals surface area (Å²) in [6.07, 6.45) is -4.66. The molecule has 3 aromatic carbocycles. The number of alkyl halides is 3. The predicted octanol–water partition coefficient (Wildman–Crippen LogP) is 5.37. The minimum Gasteiger partial charge on any atom is -0.497 e. The molecule has 3 heterocycles. The number of thiazole rings is 1. The average Bonchev–Trinajstić information content (AvgIpc) is 3.43. The van der Waals surface area contributed by atoms with E-state index in [-0.39, 0.29) is 12.2 Å². The summed E-state index contributed by atoms with van der Waals surface area (Å²) in [5, 5.41) is 2.09. The summed E-state index contributed by atoms with van der Waals surface area (Å²) in [4.78, 5) is 54.8. The molecule has 0 saturated carbocycles. The van der Waals surface area contributed by atoms with Gasteiger partial charge in [-0.1, -0.05) is 59.5 Å². The lowest BCUT2D eigenvalue weighted by atomic mass is 9.83. The Balaban J connectivity index is 1.38. The Bertz CT molecular complexity index is 1790. The summed E-state index contributed by atoms with van der Waals surface area (Å²) in [6, 6.07) is 19.6. The van der Waals surface area contributed by atoms with E-state index >= 15 is 0 Å². The fourth-order valence-electron chi connectivity index (χ4n) is 5.37. The van der Waals surface area contributed by atoms with Crippen LogP contribution in [-0.4, -0.2) is 34.6 Å². The van der Waals surface area contributed by atoms with Gasteiger partial charge in [-0.3, -0.25) is 23.7 Å². The molecule has 1 saturated heterocycles. The first-order chi connectivity index (χ1) is 20.6. The van der Waals surface area contributed by atoms with E-state index < -0.39 is 51.4 Å². The van der Waals surface area contributed by atoms with Gasteiger partial charge in [0, 0.05) is 16.5 Å². The summed E-state index contributed by atoms with van der Waals surface area (Å²) in [5.74, 6) is -2.90. The quantitative estimate of drug-likeness (QED) is 0.290. The molecule has 3 atom stereocenters. The van der Waals surface area contributed by atoms with Crippen molar-refractivity contribution in [3.8, 4) is 5.75 Å². The molecule has 43 heavy (non-hydrogen) atoms. The molecule has 0 spiro atoms. The lowest BCUT2D eigenvalue weighted by Crippen LogP contribution is -2.33. The molecular formula is C30H22F3N3O5S2. The fraction of sp³-hybridized carbons (Fsp3) is 0.200. The number of carbonyl (C=O) groups excluding carboxylic acids is 3. The van der Waals surface area contributed by atoms with Crippen LogP contribution in [0, 0.1) is 5.92 Å². The zero-order valence-corrected chi connectivity index (χ0v) is 24.0. The summed E-state index contributed by atoms with van der Waals surface area (Å²) < 4.78 is 46.8. The molecule has 0 unspecified atom stereocenters. The molecular weight excluding hydrogens is 603 g/mol. The predicted molar refractivity (Wildman–Crippen MR) is 156 cm³/mol. The van der Waals surface area contributed by atoms with E-state index in [1.54, 1.807) is 54.6 Å². The maximum atomic E-state index is 13.9. The number of methoxy groups -OCH3 is 1. The first-order valence-corrected chi connectivity index (χ1v) is 14.7. The summed E-state index contributed by atoms with van der Waals surface area (Å²) in [5.41, 5.74) is 0.00287. The normalized spacial score (nSPS) is 19.6. The number of thioether (sulfide) groups is 1. The number of hydrogen-bond acceptors (Lipinski definition) is 7. The minimum atomic E-state index is -4.66. The summed E-state index contributed by atoms with van der Waals surface area (Å²) in [6.45, 7) is -0.345. The van der Waals surface area contributed by atoms with Gasteiger partial charge in [0.15, 0.2) is 0 Å². The molecule has 2 aliphatic heterocycles.